The Morgan fingerprint density at radius 2 is 1.55 bits per heavy atom. The Morgan fingerprint density at radius 3 is 2.13 bits per heavy atom. The van der Waals surface area contributed by atoms with Crippen molar-refractivity contribution in [3.05, 3.63) is 84.4 Å². The molecule has 31 heavy (non-hydrogen) atoms. The highest BCUT2D eigenvalue weighted by Crippen LogP contribution is 2.39. The number of hydrogen-bond acceptors (Lipinski definition) is 4. The van der Waals surface area contributed by atoms with Crippen LogP contribution in [0.5, 0.6) is 5.75 Å². The van der Waals surface area contributed by atoms with Gasteiger partial charge in [0.1, 0.15) is 18.5 Å². The van der Waals surface area contributed by atoms with Gasteiger partial charge in [0.25, 0.3) is 10.0 Å². The molecule has 0 radical (unpaired) electrons. The van der Waals surface area contributed by atoms with Gasteiger partial charge in [-0.05, 0) is 41.3 Å². The fraction of sp³-hybridized carbons (Fsp3) is 0.280. The molecule has 1 saturated heterocycles. The normalized spacial score (nSPS) is 16.0. The molecule has 0 aromatic heterocycles. The van der Waals surface area contributed by atoms with Gasteiger partial charge in [-0.3, -0.25) is 0 Å². The summed E-state index contributed by atoms with van der Waals surface area (Å²) >= 11 is 0. The van der Waals surface area contributed by atoms with Gasteiger partial charge in [-0.1, -0.05) is 63.2 Å². The maximum Gasteiger partial charge on any atom is 0.268 e. The van der Waals surface area contributed by atoms with Crippen LogP contribution >= 0.6 is 0 Å². The van der Waals surface area contributed by atoms with Crippen LogP contribution in [0, 0.1) is 0 Å². The molecule has 0 amide bonds. The fourth-order valence-electron chi connectivity index (χ4n) is 3.41. The number of sulfonamides is 1. The lowest BCUT2D eigenvalue weighted by molar-refractivity contribution is 0.258. The Labute approximate surface area is 184 Å². The van der Waals surface area contributed by atoms with Crippen molar-refractivity contribution >= 4 is 21.4 Å². The van der Waals surface area contributed by atoms with Gasteiger partial charge in [0, 0.05) is 6.07 Å². The summed E-state index contributed by atoms with van der Waals surface area (Å²) in [5.41, 5.74) is 1.94. The minimum absolute atomic E-state index is 0.106. The van der Waals surface area contributed by atoms with E-state index < -0.39 is 10.0 Å². The molecule has 1 aliphatic heterocycles. The SMILES string of the molecule is CC(C)(C)c1ccc(N(c2ccccc2)S(=O)(=O)c2ccccc2)cc1OCC1CO1. The molecule has 3 aromatic carbocycles. The van der Waals surface area contributed by atoms with Crippen LogP contribution in [0.15, 0.2) is 83.8 Å². The summed E-state index contributed by atoms with van der Waals surface area (Å²) in [7, 11) is -3.84. The first-order valence-corrected chi connectivity index (χ1v) is 11.8. The predicted molar refractivity (Wildman–Crippen MR) is 123 cm³/mol. The van der Waals surface area contributed by atoms with Crippen molar-refractivity contribution in [1.29, 1.82) is 0 Å². The topological polar surface area (TPSA) is 59.1 Å². The van der Waals surface area contributed by atoms with Crippen LogP contribution in [-0.2, 0) is 20.2 Å². The van der Waals surface area contributed by atoms with Crippen LogP contribution in [0.1, 0.15) is 26.3 Å². The number of ether oxygens (including phenoxy) is 2. The second-order valence-corrected chi connectivity index (χ2v) is 10.4. The molecule has 0 N–H and O–H groups in total. The van der Waals surface area contributed by atoms with Crippen LogP contribution < -0.4 is 9.04 Å². The molecule has 0 spiro atoms. The summed E-state index contributed by atoms with van der Waals surface area (Å²) in [6, 6.07) is 23.2. The summed E-state index contributed by atoms with van der Waals surface area (Å²) in [6.45, 7) is 7.47. The van der Waals surface area contributed by atoms with Gasteiger partial charge in [0.15, 0.2) is 0 Å². The number of anilines is 2. The number of epoxide rings is 1. The van der Waals surface area contributed by atoms with E-state index in [-0.39, 0.29) is 16.4 Å². The third kappa shape index (κ3) is 4.75. The lowest BCUT2D eigenvalue weighted by atomic mass is 9.86. The number of rotatable bonds is 7. The van der Waals surface area contributed by atoms with Gasteiger partial charge in [-0.15, -0.1) is 0 Å². The molecule has 1 unspecified atom stereocenters. The van der Waals surface area contributed by atoms with Crippen molar-refractivity contribution < 1.29 is 17.9 Å². The second kappa shape index (κ2) is 8.36. The Hall–Kier alpha value is -2.83. The molecule has 1 aliphatic rings. The van der Waals surface area contributed by atoms with Crippen molar-refractivity contribution in [3.8, 4) is 5.75 Å². The third-order valence-electron chi connectivity index (χ3n) is 5.11. The Kier molecular flexibility index (Phi) is 5.77. The molecule has 0 saturated carbocycles. The molecule has 1 fully saturated rings. The molecule has 5 nitrogen and oxygen atoms in total. The van der Waals surface area contributed by atoms with E-state index in [2.05, 4.69) is 20.8 Å². The number of para-hydroxylation sites is 1. The lowest BCUT2D eigenvalue weighted by Crippen LogP contribution is -2.26. The van der Waals surface area contributed by atoms with Gasteiger partial charge >= 0.3 is 0 Å². The van der Waals surface area contributed by atoms with Crippen LogP contribution in [0.25, 0.3) is 0 Å². The maximum atomic E-state index is 13.7. The number of hydrogen-bond donors (Lipinski definition) is 0. The minimum Gasteiger partial charge on any atom is -0.490 e. The van der Waals surface area contributed by atoms with E-state index in [0.29, 0.717) is 30.3 Å². The molecule has 1 atom stereocenters. The number of benzene rings is 3. The Balaban J connectivity index is 1.84. The van der Waals surface area contributed by atoms with Gasteiger partial charge in [-0.2, -0.15) is 0 Å². The maximum absolute atomic E-state index is 13.7. The van der Waals surface area contributed by atoms with E-state index in [0.717, 1.165) is 5.56 Å². The van der Waals surface area contributed by atoms with E-state index in [1.165, 1.54) is 4.31 Å². The van der Waals surface area contributed by atoms with E-state index in [1.54, 1.807) is 42.5 Å². The zero-order valence-corrected chi connectivity index (χ0v) is 18.8. The lowest BCUT2D eigenvalue weighted by Gasteiger charge is -2.28. The van der Waals surface area contributed by atoms with Crippen molar-refractivity contribution in [2.45, 2.75) is 37.2 Å². The molecule has 0 aliphatic carbocycles. The Bertz CT molecular complexity index is 1140. The first-order valence-electron chi connectivity index (χ1n) is 10.3. The quantitative estimate of drug-likeness (QED) is 0.471. The smallest absolute Gasteiger partial charge is 0.268 e. The summed E-state index contributed by atoms with van der Waals surface area (Å²) in [6.07, 6.45) is 0.106. The zero-order chi connectivity index (χ0) is 22.1. The van der Waals surface area contributed by atoms with Gasteiger partial charge in [0.05, 0.1) is 22.9 Å². The van der Waals surface area contributed by atoms with Crippen LogP contribution in [-0.4, -0.2) is 27.7 Å². The average molecular weight is 438 g/mol. The molecule has 162 valence electrons. The summed E-state index contributed by atoms with van der Waals surface area (Å²) < 4.78 is 40.1. The largest absolute Gasteiger partial charge is 0.490 e. The average Bonchev–Trinajstić information content (AvgIpc) is 3.57. The zero-order valence-electron chi connectivity index (χ0n) is 18.0. The molecule has 4 rings (SSSR count). The Morgan fingerprint density at radius 1 is 0.935 bits per heavy atom. The highest BCUT2D eigenvalue weighted by molar-refractivity contribution is 7.93. The van der Waals surface area contributed by atoms with E-state index in [1.807, 2.05) is 36.4 Å². The summed E-state index contributed by atoms with van der Waals surface area (Å²) in [5, 5.41) is 0. The fourth-order valence-corrected chi connectivity index (χ4v) is 4.91. The van der Waals surface area contributed by atoms with Gasteiger partial charge in [0.2, 0.25) is 0 Å². The van der Waals surface area contributed by atoms with Gasteiger partial charge < -0.3 is 9.47 Å². The summed E-state index contributed by atoms with van der Waals surface area (Å²) in [4.78, 5) is 0.229. The molecule has 0 bridgehead atoms. The first-order chi connectivity index (χ1) is 14.8. The highest BCUT2D eigenvalue weighted by atomic mass is 32.2. The van der Waals surface area contributed by atoms with Gasteiger partial charge in [-0.25, -0.2) is 12.7 Å². The van der Waals surface area contributed by atoms with Crippen molar-refractivity contribution in [2.75, 3.05) is 17.5 Å². The second-order valence-electron chi connectivity index (χ2n) is 8.61. The molecular weight excluding hydrogens is 410 g/mol. The van der Waals surface area contributed by atoms with Crippen LogP contribution in [0.3, 0.4) is 0 Å². The van der Waals surface area contributed by atoms with Crippen molar-refractivity contribution in [3.63, 3.8) is 0 Å². The van der Waals surface area contributed by atoms with Crippen molar-refractivity contribution in [1.82, 2.24) is 0 Å². The third-order valence-corrected chi connectivity index (χ3v) is 6.88. The van der Waals surface area contributed by atoms with E-state index in [9.17, 15) is 8.42 Å². The van der Waals surface area contributed by atoms with Crippen LogP contribution in [0.2, 0.25) is 0 Å². The van der Waals surface area contributed by atoms with Crippen molar-refractivity contribution in [2.24, 2.45) is 0 Å². The summed E-state index contributed by atoms with van der Waals surface area (Å²) in [5.74, 6) is 0.671. The van der Waals surface area contributed by atoms with Crippen LogP contribution in [0.4, 0.5) is 11.4 Å². The minimum atomic E-state index is -3.84. The van der Waals surface area contributed by atoms with E-state index in [4.69, 9.17) is 9.47 Å². The number of nitrogens with zero attached hydrogens (tertiary/aromatic N) is 1. The molecule has 6 heteroatoms. The molecular formula is C25H27NO4S. The standard InChI is InChI=1S/C25H27NO4S/c1-25(2,3)23-15-14-20(16-24(23)30-18-21-17-29-21)26(19-10-6-4-7-11-19)31(27,28)22-12-8-5-9-13-22/h4-16,21H,17-18H2,1-3H3. The highest BCUT2D eigenvalue weighted by Gasteiger charge is 2.30. The first kappa shape index (κ1) is 21.4. The van der Waals surface area contributed by atoms with E-state index >= 15 is 0 Å². The molecule has 1 heterocycles. The predicted octanol–water partition coefficient (Wildman–Crippen LogP) is 5.29. The monoisotopic (exact) mass is 437 g/mol. The molecule has 3 aromatic rings.